The second-order valence-electron chi connectivity index (χ2n) is 11.8. The predicted octanol–water partition coefficient (Wildman–Crippen LogP) is 5.47. The molecule has 9 nitrogen and oxygen atoms in total. The number of aromatic carboxylic acids is 1. The summed E-state index contributed by atoms with van der Waals surface area (Å²) >= 11 is 1.33. The number of carbonyl (C=O) groups is 2. The van der Waals surface area contributed by atoms with Crippen molar-refractivity contribution in [1.29, 1.82) is 0 Å². The summed E-state index contributed by atoms with van der Waals surface area (Å²) in [5.74, 6) is -0.938. The quantitative estimate of drug-likeness (QED) is 0.305. The van der Waals surface area contributed by atoms with Crippen LogP contribution in [0.1, 0.15) is 50.9 Å². The van der Waals surface area contributed by atoms with E-state index < -0.39 is 16.2 Å². The molecule has 4 rings (SSSR count). The maximum absolute atomic E-state index is 13.3. The van der Waals surface area contributed by atoms with Crippen LogP contribution in [0.2, 0.25) is 0 Å². The number of rotatable bonds is 10. The Morgan fingerprint density at radius 3 is 2.33 bits per heavy atom. The minimum atomic E-state index is -3.96. The molecule has 1 unspecified atom stereocenters. The van der Waals surface area contributed by atoms with E-state index in [1.165, 1.54) is 33.8 Å². The first-order valence-electron chi connectivity index (χ1n) is 14.0. The van der Waals surface area contributed by atoms with Gasteiger partial charge < -0.3 is 10.4 Å². The van der Waals surface area contributed by atoms with Crippen LogP contribution in [-0.4, -0.2) is 72.1 Å². The molecule has 0 aromatic heterocycles. The number of nitrogens with one attached hydrogen (secondary N) is 2. The molecule has 3 N–H and O–H groups in total. The van der Waals surface area contributed by atoms with Crippen LogP contribution in [0.15, 0.2) is 77.2 Å². The molecule has 1 aliphatic carbocycles. The summed E-state index contributed by atoms with van der Waals surface area (Å²) in [5, 5.41) is 12.6. The number of anilines is 2. The predicted molar refractivity (Wildman–Crippen MR) is 169 cm³/mol. The molecule has 1 amide bonds. The van der Waals surface area contributed by atoms with E-state index in [-0.39, 0.29) is 34.5 Å². The fourth-order valence-electron chi connectivity index (χ4n) is 5.04. The van der Waals surface area contributed by atoms with Crippen molar-refractivity contribution in [3.8, 4) is 0 Å². The summed E-state index contributed by atoms with van der Waals surface area (Å²) in [7, 11) is -3.96. The normalized spacial score (nSPS) is 20.1. The van der Waals surface area contributed by atoms with Crippen molar-refractivity contribution in [2.45, 2.75) is 51.0 Å². The number of thioether (sulfide) groups is 1. The lowest BCUT2D eigenvalue weighted by atomic mass is 9.79. The van der Waals surface area contributed by atoms with Crippen LogP contribution in [0.25, 0.3) is 0 Å². The number of hydrogen-bond donors (Lipinski definition) is 3. The number of piperazine rings is 1. The number of amides is 1. The topological polar surface area (TPSA) is 119 Å². The van der Waals surface area contributed by atoms with Crippen molar-refractivity contribution in [2.24, 2.45) is 5.41 Å². The van der Waals surface area contributed by atoms with Gasteiger partial charge in [-0.05, 0) is 54.7 Å². The Hall–Kier alpha value is -3.12. The molecule has 0 radical (unpaired) electrons. The van der Waals surface area contributed by atoms with Gasteiger partial charge in [0, 0.05) is 54.5 Å². The summed E-state index contributed by atoms with van der Waals surface area (Å²) in [5.41, 5.74) is 1.80. The zero-order valence-electron chi connectivity index (χ0n) is 24.6. The number of carbonyl (C=O) groups excluding carboxylic acids is 1. The third-order valence-corrected chi connectivity index (χ3v) is 10.2. The average molecular weight is 613 g/mol. The van der Waals surface area contributed by atoms with Crippen molar-refractivity contribution < 1.29 is 23.1 Å². The lowest BCUT2D eigenvalue weighted by molar-refractivity contribution is -0.115. The van der Waals surface area contributed by atoms with E-state index >= 15 is 0 Å². The van der Waals surface area contributed by atoms with Crippen LogP contribution in [-0.2, 0) is 15.0 Å². The summed E-state index contributed by atoms with van der Waals surface area (Å²) in [6, 6.07) is 13.7. The molecule has 0 spiro atoms. The molecule has 2 aromatic rings. The first kappa shape index (κ1) is 31.8. The largest absolute Gasteiger partial charge is 0.478 e. The maximum atomic E-state index is 13.3. The van der Waals surface area contributed by atoms with Crippen LogP contribution in [0.5, 0.6) is 0 Å². The van der Waals surface area contributed by atoms with E-state index in [1.807, 2.05) is 18.2 Å². The minimum absolute atomic E-state index is 0.0122. The zero-order valence-corrected chi connectivity index (χ0v) is 26.2. The first-order valence-corrected chi connectivity index (χ1v) is 16.5. The Balaban J connectivity index is 1.33. The molecule has 2 aromatic carbocycles. The smallest absolute Gasteiger partial charge is 0.337 e. The highest BCUT2D eigenvalue weighted by Crippen LogP contribution is 2.35. The SMILES string of the molecule is CC(C)(C)C1=CCC(C)(N2CCN(S(=O)(=O)Nc3ccc(SCCC(=O)Nc4ccccc4)cc3C(=O)O)CC2)C=C1. The number of carboxylic acids is 1. The fourth-order valence-corrected chi connectivity index (χ4v) is 7.16. The second kappa shape index (κ2) is 13.0. The third-order valence-electron chi connectivity index (χ3n) is 7.64. The van der Waals surface area contributed by atoms with Crippen molar-refractivity contribution in [2.75, 3.05) is 42.0 Å². The van der Waals surface area contributed by atoms with Crippen LogP contribution in [0.4, 0.5) is 11.4 Å². The molecule has 0 saturated carbocycles. The summed E-state index contributed by atoms with van der Waals surface area (Å²) in [6.45, 7) is 10.5. The van der Waals surface area contributed by atoms with Gasteiger partial charge in [-0.25, -0.2) is 4.79 Å². The summed E-state index contributed by atoms with van der Waals surface area (Å²) in [4.78, 5) is 27.2. The van der Waals surface area contributed by atoms with Crippen molar-refractivity contribution in [3.63, 3.8) is 0 Å². The Morgan fingerprint density at radius 1 is 1.05 bits per heavy atom. The second-order valence-corrected chi connectivity index (χ2v) is 14.7. The Labute approximate surface area is 253 Å². The van der Waals surface area contributed by atoms with Crippen molar-refractivity contribution in [3.05, 3.63) is 77.9 Å². The number of hydrogen-bond acceptors (Lipinski definition) is 6. The van der Waals surface area contributed by atoms with Gasteiger partial charge in [-0.15, -0.1) is 11.8 Å². The molecule has 1 aliphatic heterocycles. The van der Waals surface area contributed by atoms with Crippen LogP contribution < -0.4 is 10.0 Å². The molecular weight excluding hydrogens is 572 g/mol. The van der Waals surface area contributed by atoms with Crippen LogP contribution in [0, 0.1) is 5.41 Å². The van der Waals surface area contributed by atoms with E-state index in [1.54, 1.807) is 18.2 Å². The van der Waals surface area contributed by atoms with E-state index in [9.17, 15) is 23.1 Å². The van der Waals surface area contributed by atoms with Gasteiger partial charge >= 0.3 is 16.2 Å². The molecule has 1 fully saturated rings. The van der Waals surface area contributed by atoms with Gasteiger partial charge in [-0.3, -0.25) is 14.4 Å². The van der Waals surface area contributed by atoms with Crippen LogP contribution in [0.3, 0.4) is 0 Å². The highest BCUT2D eigenvalue weighted by atomic mass is 32.2. The molecule has 2 aliphatic rings. The highest BCUT2D eigenvalue weighted by Gasteiger charge is 2.36. The standard InChI is InChI=1S/C31H40N4O5S2/c1-30(2,3)23-12-15-31(4,16-13-23)34-17-19-35(20-18-34)42(39,40)33-27-11-10-25(22-26(27)29(37)38)41-21-14-28(36)32-24-8-6-5-7-9-24/h5-13,15,22,33H,14,16-21H2,1-4H3,(H,32,36)(H,37,38). The zero-order chi connectivity index (χ0) is 30.5. The average Bonchev–Trinajstić information content (AvgIpc) is 2.94. The van der Waals surface area contributed by atoms with E-state index in [2.05, 4.69) is 60.9 Å². The molecule has 1 atom stereocenters. The minimum Gasteiger partial charge on any atom is -0.478 e. The van der Waals surface area contributed by atoms with Crippen molar-refractivity contribution in [1.82, 2.24) is 9.21 Å². The first-order chi connectivity index (χ1) is 19.8. The lowest BCUT2D eigenvalue weighted by Gasteiger charge is -2.45. The van der Waals surface area contributed by atoms with Gasteiger partial charge in [-0.1, -0.05) is 57.2 Å². The number of carboxylic acid groups (broad SMARTS) is 1. The number of para-hydroxylation sites is 1. The fraction of sp³-hybridized carbons (Fsp3) is 0.419. The maximum Gasteiger partial charge on any atom is 0.337 e. The molecule has 0 bridgehead atoms. The van der Waals surface area contributed by atoms with E-state index in [4.69, 9.17) is 0 Å². The number of allylic oxidation sites excluding steroid dienone is 2. The lowest BCUT2D eigenvalue weighted by Crippen LogP contribution is -2.57. The highest BCUT2D eigenvalue weighted by molar-refractivity contribution is 7.99. The summed E-state index contributed by atoms with van der Waals surface area (Å²) in [6.07, 6.45) is 7.79. The monoisotopic (exact) mass is 612 g/mol. The van der Waals surface area contributed by atoms with E-state index in [0.717, 1.165) is 6.42 Å². The number of benzene rings is 2. The molecule has 42 heavy (non-hydrogen) atoms. The summed E-state index contributed by atoms with van der Waals surface area (Å²) < 4.78 is 30.4. The number of nitrogens with zero attached hydrogens (tertiary/aromatic N) is 2. The van der Waals surface area contributed by atoms with Gasteiger partial charge in [0.15, 0.2) is 0 Å². The molecule has 1 saturated heterocycles. The van der Waals surface area contributed by atoms with E-state index in [0.29, 0.717) is 42.5 Å². The van der Waals surface area contributed by atoms with Gasteiger partial charge in [-0.2, -0.15) is 12.7 Å². The Morgan fingerprint density at radius 2 is 1.74 bits per heavy atom. The van der Waals surface area contributed by atoms with Gasteiger partial charge in [0.25, 0.3) is 0 Å². The third kappa shape index (κ3) is 8.03. The van der Waals surface area contributed by atoms with Crippen molar-refractivity contribution >= 4 is 45.2 Å². The van der Waals surface area contributed by atoms with Gasteiger partial charge in [0.05, 0.1) is 11.3 Å². The van der Waals surface area contributed by atoms with Gasteiger partial charge in [0.1, 0.15) is 0 Å². The molecular formula is C31H40N4O5S2. The molecule has 1 heterocycles. The van der Waals surface area contributed by atoms with Gasteiger partial charge in [0.2, 0.25) is 5.91 Å². The van der Waals surface area contributed by atoms with Crippen LogP contribution >= 0.6 is 11.8 Å². The molecule has 11 heteroatoms. The Kier molecular flexibility index (Phi) is 9.87. The Bertz CT molecular complexity index is 1460. The molecule has 226 valence electrons.